The van der Waals surface area contributed by atoms with Gasteiger partial charge in [0.2, 0.25) is 0 Å². The van der Waals surface area contributed by atoms with Crippen molar-refractivity contribution in [1.82, 2.24) is 9.27 Å². The van der Waals surface area contributed by atoms with Gasteiger partial charge in [-0.1, -0.05) is 37.3 Å². The first kappa shape index (κ1) is 19.5. The molecule has 30 heavy (non-hydrogen) atoms. The van der Waals surface area contributed by atoms with E-state index in [1.807, 2.05) is 47.0 Å². The molecule has 5 nitrogen and oxygen atoms in total. The van der Waals surface area contributed by atoms with Crippen molar-refractivity contribution in [1.29, 1.82) is 0 Å². The molecule has 7 heteroatoms. The third-order valence-electron chi connectivity index (χ3n) is 5.57. The van der Waals surface area contributed by atoms with Gasteiger partial charge in [0, 0.05) is 48.3 Å². The number of carbonyl (C=O) groups excluding carboxylic acids is 1. The molecule has 1 amide bonds. The van der Waals surface area contributed by atoms with Crippen LogP contribution >= 0.6 is 23.3 Å². The van der Waals surface area contributed by atoms with E-state index in [9.17, 15) is 4.79 Å². The van der Waals surface area contributed by atoms with Crippen LogP contribution in [-0.4, -0.2) is 47.1 Å². The van der Waals surface area contributed by atoms with Crippen LogP contribution in [-0.2, 0) is 5.75 Å². The van der Waals surface area contributed by atoms with Crippen molar-refractivity contribution in [2.75, 3.05) is 36.8 Å². The maximum atomic E-state index is 13.3. The SMILES string of the molecule is CCSCc1c(C(=O)N2CCN(c3nsc4ccccc34)CC2)oc2ccccc12. The van der Waals surface area contributed by atoms with Crippen LogP contribution in [0.5, 0.6) is 0 Å². The van der Waals surface area contributed by atoms with Gasteiger partial charge in [0.1, 0.15) is 11.4 Å². The fraction of sp³-hybridized carbons (Fsp3) is 0.304. The molecule has 4 aromatic rings. The number of hydrogen-bond acceptors (Lipinski definition) is 6. The minimum atomic E-state index is 0.000638. The van der Waals surface area contributed by atoms with Crippen LogP contribution in [0.3, 0.4) is 0 Å². The molecule has 1 saturated heterocycles. The molecule has 1 aliphatic rings. The molecule has 0 radical (unpaired) electrons. The highest BCUT2D eigenvalue weighted by atomic mass is 32.2. The predicted octanol–water partition coefficient (Wildman–Crippen LogP) is 5.26. The number of rotatable bonds is 5. The molecule has 0 atom stereocenters. The standard InChI is InChI=1S/C23H23N3O2S2/c1-2-29-15-18-16-7-3-5-9-19(16)28-21(18)23(27)26-13-11-25(12-14-26)22-17-8-4-6-10-20(17)30-24-22/h3-10H,2,11-15H2,1H3. The van der Waals surface area contributed by atoms with Gasteiger partial charge in [-0.3, -0.25) is 4.79 Å². The van der Waals surface area contributed by atoms with Gasteiger partial charge in [0.25, 0.3) is 5.91 Å². The molecular formula is C23H23N3O2S2. The average Bonchev–Trinajstić information content (AvgIpc) is 3.39. The fourth-order valence-corrected chi connectivity index (χ4v) is 5.48. The Balaban J connectivity index is 1.36. The fourth-order valence-electron chi connectivity index (χ4n) is 3.98. The Hall–Kier alpha value is -2.51. The van der Waals surface area contributed by atoms with E-state index in [0.29, 0.717) is 18.8 Å². The zero-order valence-electron chi connectivity index (χ0n) is 16.8. The first-order valence-electron chi connectivity index (χ1n) is 10.2. The lowest BCUT2D eigenvalue weighted by Crippen LogP contribution is -2.49. The van der Waals surface area contributed by atoms with E-state index < -0.39 is 0 Å². The lowest BCUT2D eigenvalue weighted by molar-refractivity contribution is 0.0716. The van der Waals surface area contributed by atoms with Gasteiger partial charge in [0.05, 0.1) is 4.70 Å². The van der Waals surface area contributed by atoms with Crippen LogP contribution in [0.25, 0.3) is 21.1 Å². The van der Waals surface area contributed by atoms with E-state index in [0.717, 1.165) is 46.9 Å². The summed E-state index contributed by atoms with van der Waals surface area (Å²) in [4.78, 5) is 17.6. The second-order valence-electron chi connectivity index (χ2n) is 7.32. The van der Waals surface area contributed by atoms with Gasteiger partial charge < -0.3 is 14.2 Å². The number of nitrogens with zero attached hydrogens (tertiary/aromatic N) is 3. The van der Waals surface area contributed by atoms with Crippen LogP contribution in [0.4, 0.5) is 5.82 Å². The summed E-state index contributed by atoms with van der Waals surface area (Å²) < 4.78 is 11.9. The van der Waals surface area contributed by atoms with Crippen molar-refractivity contribution in [3.05, 3.63) is 59.9 Å². The zero-order valence-corrected chi connectivity index (χ0v) is 18.5. The second-order valence-corrected chi connectivity index (χ2v) is 9.40. The van der Waals surface area contributed by atoms with Crippen molar-refractivity contribution in [3.8, 4) is 0 Å². The molecule has 0 bridgehead atoms. The number of piperazine rings is 1. The van der Waals surface area contributed by atoms with Crippen LogP contribution < -0.4 is 4.90 Å². The Bertz CT molecular complexity index is 1190. The zero-order chi connectivity index (χ0) is 20.5. The number of anilines is 1. The third-order valence-corrected chi connectivity index (χ3v) is 7.29. The molecule has 0 spiro atoms. The van der Waals surface area contributed by atoms with E-state index in [1.54, 1.807) is 0 Å². The van der Waals surface area contributed by atoms with Gasteiger partial charge in [0.15, 0.2) is 5.76 Å². The highest BCUT2D eigenvalue weighted by molar-refractivity contribution is 7.98. The number of fused-ring (bicyclic) bond motifs is 2. The predicted molar refractivity (Wildman–Crippen MR) is 126 cm³/mol. The normalized spacial score (nSPS) is 14.7. The number of aromatic nitrogens is 1. The second kappa shape index (κ2) is 8.32. The molecule has 5 rings (SSSR count). The van der Waals surface area contributed by atoms with E-state index in [4.69, 9.17) is 4.42 Å². The summed E-state index contributed by atoms with van der Waals surface area (Å²) in [6, 6.07) is 16.3. The Labute approximate surface area is 183 Å². The van der Waals surface area contributed by atoms with Crippen molar-refractivity contribution >= 4 is 56.1 Å². The summed E-state index contributed by atoms with van der Waals surface area (Å²) in [5.74, 6) is 3.34. The summed E-state index contributed by atoms with van der Waals surface area (Å²) in [6.45, 7) is 5.03. The molecule has 1 aliphatic heterocycles. The molecule has 0 aliphatic carbocycles. The van der Waals surface area contributed by atoms with E-state index in [-0.39, 0.29) is 5.91 Å². The number of para-hydroxylation sites is 1. The summed E-state index contributed by atoms with van der Waals surface area (Å²) in [5.41, 5.74) is 1.82. The minimum Gasteiger partial charge on any atom is -0.451 e. The molecule has 3 heterocycles. The summed E-state index contributed by atoms with van der Waals surface area (Å²) >= 11 is 3.35. The number of carbonyl (C=O) groups is 1. The van der Waals surface area contributed by atoms with Crippen molar-refractivity contribution in [3.63, 3.8) is 0 Å². The maximum Gasteiger partial charge on any atom is 0.290 e. The lowest BCUT2D eigenvalue weighted by atomic mass is 10.1. The van der Waals surface area contributed by atoms with Crippen molar-refractivity contribution in [2.24, 2.45) is 0 Å². The molecular weight excluding hydrogens is 414 g/mol. The number of furan rings is 1. The van der Waals surface area contributed by atoms with Gasteiger partial charge in [-0.2, -0.15) is 16.1 Å². The topological polar surface area (TPSA) is 49.6 Å². The quantitative estimate of drug-likeness (QED) is 0.426. The van der Waals surface area contributed by atoms with Crippen LogP contribution in [0.1, 0.15) is 23.0 Å². The monoisotopic (exact) mass is 437 g/mol. The van der Waals surface area contributed by atoms with Crippen molar-refractivity contribution in [2.45, 2.75) is 12.7 Å². The van der Waals surface area contributed by atoms with E-state index >= 15 is 0 Å². The van der Waals surface area contributed by atoms with Crippen molar-refractivity contribution < 1.29 is 9.21 Å². The average molecular weight is 438 g/mol. The molecule has 2 aromatic carbocycles. The highest BCUT2D eigenvalue weighted by Crippen LogP contribution is 2.32. The number of amides is 1. The molecule has 2 aromatic heterocycles. The highest BCUT2D eigenvalue weighted by Gasteiger charge is 2.29. The molecule has 0 N–H and O–H groups in total. The Kier molecular flexibility index (Phi) is 5.39. The molecule has 0 saturated carbocycles. The summed E-state index contributed by atoms with van der Waals surface area (Å²) in [5, 5.41) is 2.24. The van der Waals surface area contributed by atoms with E-state index in [2.05, 4.69) is 34.4 Å². The van der Waals surface area contributed by atoms with Crippen LogP contribution in [0.2, 0.25) is 0 Å². The molecule has 0 unspecified atom stereocenters. The number of thioether (sulfide) groups is 1. The largest absolute Gasteiger partial charge is 0.451 e. The van der Waals surface area contributed by atoms with Gasteiger partial charge >= 0.3 is 0 Å². The Morgan fingerprint density at radius 3 is 2.60 bits per heavy atom. The molecule has 1 fully saturated rings. The van der Waals surface area contributed by atoms with Gasteiger partial charge in [-0.25, -0.2) is 0 Å². The van der Waals surface area contributed by atoms with Crippen LogP contribution in [0.15, 0.2) is 52.9 Å². The number of benzene rings is 2. The van der Waals surface area contributed by atoms with E-state index in [1.165, 1.54) is 21.6 Å². The molecule has 154 valence electrons. The minimum absolute atomic E-state index is 0.000638. The first-order chi connectivity index (χ1) is 14.8. The number of hydrogen-bond donors (Lipinski definition) is 0. The van der Waals surface area contributed by atoms with Gasteiger partial charge in [-0.15, -0.1) is 0 Å². The van der Waals surface area contributed by atoms with Gasteiger partial charge in [-0.05, 0) is 35.5 Å². The lowest BCUT2D eigenvalue weighted by Gasteiger charge is -2.34. The van der Waals surface area contributed by atoms with Crippen LogP contribution in [0, 0.1) is 0 Å². The summed E-state index contributed by atoms with van der Waals surface area (Å²) in [6.07, 6.45) is 0. The third kappa shape index (κ3) is 3.46. The maximum absolute atomic E-state index is 13.3. The first-order valence-corrected chi connectivity index (χ1v) is 12.2. The Morgan fingerprint density at radius 2 is 1.80 bits per heavy atom. The summed E-state index contributed by atoms with van der Waals surface area (Å²) in [7, 11) is 0. The smallest absolute Gasteiger partial charge is 0.290 e. The Morgan fingerprint density at radius 1 is 1.07 bits per heavy atom.